The van der Waals surface area contributed by atoms with Crippen molar-refractivity contribution in [2.24, 2.45) is 0 Å². The highest BCUT2D eigenvalue weighted by Crippen LogP contribution is 2.32. The standard InChI is InChI=1S/C16H16BrNO2S/c1-11-6-8-13(17)10-16(11)21(19,20)18-15-9-7-12-4-2-3-5-14(12)15/h2-6,8,10,15,18H,7,9H2,1H3. The van der Waals surface area contributed by atoms with Crippen molar-refractivity contribution in [2.75, 3.05) is 0 Å². The van der Waals surface area contributed by atoms with Crippen LogP contribution in [-0.2, 0) is 16.4 Å². The van der Waals surface area contributed by atoms with Gasteiger partial charge in [0.05, 0.1) is 4.90 Å². The molecule has 2 aromatic carbocycles. The van der Waals surface area contributed by atoms with Gasteiger partial charge in [-0.1, -0.05) is 46.3 Å². The number of nitrogens with one attached hydrogen (secondary N) is 1. The molecular formula is C16H16BrNO2S. The summed E-state index contributed by atoms with van der Waals surface area (Å²) in [7, 11) is -3.52. The van der Waals surface area contributed by atoms with Crippen LogP contribution in [0.1, 0.15) is 29.2 Å². The molecule has 1 aliphatic carbocycles. The van der Waals surface area contributed by atoms with Gasteiger partial charge in [-0.25, -0.2) is 13.1 Å². The van der Waals surface area contributed by atoms with Gasteiger partial charge >= 0.3 is 0 Å². The Hall–Kier alpha value is -1.17. The van der Waals surface area contributed by atoms with Crippen molar-refractivity contribution in [1.29, 1.82) is 0 Å². The molecule has 0 amide bonds. The number of sulfonamides is 1. The summed E-state index contributed by atoms with van der Waals surface area (Å²) in [5.74, 6) is 0. The minimum atomic E-state index is -3.52. The molecule has 1 atom stereocenters. The summed E-state index contributed by atoms with van der Waals surface area (Å²) in [4.78, 5) is 0.334. The van der Waals surface area contributed by atoms with Gasteiger partial charge in [0.25, 0.3) is 0 Å². The van der Waals surface area contributed by atoms with Crippen LogP contribution in [0.3, 0.4) is 0 Å². The lowest BCUT2D eigenvalue weighted by molar-refractivity contribution is 0.554. The van der Waals surface area contributed by atoms with Gasteiger partial charge in [0.15, 0.2) is 0 Å². The largest absolute Gasteiger partial charge is 0.241 e. The molecule has 110 valence electrons. The monoisotopic (exact) mass is 365 g/mol. The van der Waals surface area contributed by atoms with E-state index in [2.05, 4.69) is 26.7 Å². The summed E-state index contributed by atoms with van der Waals surface area (Å²) in [6.07, 6.45) is 1.73. The van der Waals surface area contributed by atoms with E-state index in [1.165, 1.54) is 5.56 Å². The predicted octanol–water partition coefficient (Wildman–Crippen LogP) is 3.72. The number of fused-ring (bicyclic) bond motifs is 1. The summed E-state index contributed by atoms with van der Waals surface area (Å²) in [5, 5.41) is 0. The van der Waals surface area contributed by atoms with Crippen molar-refractivity contribution in [2.45, 2.75) is 30.7 Å². The fourth-order valence-electron chi connectivity index (χ4n) is 2.79. The first-order valence-electron chi connectivity index (χ1n) is 6.84. The van der Waals surface area contributed by atoms with Crippen LogP contribution in [-0.4, -0.2) is 8.42 Å². The van der Waals surface area contributed by atoms with Gasteiger partial charge in [0.1, 0.15) is 0 Å². The van der Waals surface area contributed by atoms with Gasteiger partial charge in [-0.05, 0) is 48.6 Å². The van der Waals surface area contributed by atoms with Crippen molar-refractivity contribution in [3.63, 3.8) is 0 Å². The highest BCUT2D eigenvalue weighted by molar-refractivity contribution is 9.10. The van der Waals surface area contributed by atoms with Crippen molar-refractivity contribution in [3.05, 3.63) is 63.6 Å². The van der Waals surface area contributed by atoms with E-state index < -0.39 is 10.0 Å². The molecule has 0 saturated carbocycles. The first-order chi connectivity index (χ1) is 9.97. The number of benzene rings is 2. The van der Waals surface area contributed by atoms with Gasteiger partial charge in [0, 0.05) is 10.5 Å². The van der Waals surface area contributed by atoms with Crippen LogP contribution >= 0.6 is 15.9 Å². The lowest BCUT2D eigenvalue weighted by Crippen LogP contribution is -2.28. The molecule has 1 aliphatic rings. The lowest BCUT2D eigenvalue weighted by Gasteiger charge is -2.16. The highest BCUT2D eigenvalue weighted by atomic mass is 79.9. The van der Waals surface area contributed by atoms with Crippen LogP contribution in [0, 0.1) is 6.92 Å². The van der Waals surface area contributed by atoms with E-state index in [9.17, 15) is 8.42 Å². The Morgan fingerprint density at radius 1 is 1.19 bits per heavy atom. The Bertz CT molecular complexity index is 787. The van der Waals surface area contributed by atoms with E-state index in [1.807, 2.05) is 31.2 Å². The molecule has 0 spiro atoms. The second-order valence-electron chi connectivity index (χ2n) is 5.32. The van der Waals surface area contributed by atoms with E-state index in [0.717, 1.165) is 28.4 Å². The van der Waals surface area contributed by atoms with Crippen LogP contribution in [0.4, 0.5) is 0 Å². The average Bonchev–Trinajstić information content (AvgIpc) is 2.84. The summed E-state index contributed by atoms with van der Waals surface area (Å²) in [5.41, 5.74) is 3.07. The Balaban J connectivity index is 1.93. The molecule has 2 aromatic rings. The van der Waals surface area contributed by atoms with Crippen molar-refractivity contribution in [3.8, 4) is 0 Å². The maximum atomic E-state index is 12.6. The van der Waals surface area contributed by atoms with Crippen molar-refractivity contribution in [1.82, 2.24) is 4.72 Å². The maximum absolute atomic E-state index is 12.6. The second kappa shape index (κ2) is 5.55. The highest BCUT2D eigenvalue weighted by Gasteiger charge is 2.27. The topological polar surface area (TPSA) is 46.2 Å². The van der Waals surface area contributed by atoms with Crippen LogP contribution < -0.4 is 4.72 Å². The summed E-state index contributed by atoms with van der Waals surface area (Å²) >= 11 is 3.34. The minimum absolute atomic E-state index is 0.135. The summed E-state index contributed by atoms with van der Waals surface area (Å²) in [6, 6.07) is 13.2. The van der Waals surface area contributed by atoms with Gasteiger partial charge in [-0.3, -0.25) is 0 Å². The molecule has 0 aliphatic heterocycles. The molecule has 5 heteroatoms. The normalized spacial score (nSPS) is 17.7. The third-order valence-corrected chi connectivity index (χ3v) is 5.98. The Morgan fingerprint density at radius 2 is 1.95 bits per heavy atom. The number of hydrogen-bond donors (Lipinski definition) is 1. The molecule has 21 heavy (non-hydrogen) atoms. The number of hydrogen-bond acceptors (Lipinski definition) is 2. The molecular weight excluding hydrogens is 350 g/mol. The van der Waals surface area contributed by atoms with E-state index in [4.69, 9.17) is 0 Å². The maximum Gasteiger partial charge on any atom is 0.241 e. The molecule has 0 fully saturated rings. The average molecular weight is 366 g/mol. The summed E-state index contributed by atoms with van der Waals surface area (Å²) in [6.45, 7) is 1.81. The zero-order valence-corrected chi connectivity index (χ0v) is 14.0. The molecule has 0 saturated heterocycles. The molecule has 3 nitrogen and oxygen atoms in total. The molecule has 0 radical (unpaired) electrons. The fourth-order valence-corrected chi connectivity index (χ4v) is 4.83. The van der Waals surface area contributed by atoms with E-state index in [-0.39, 0.29) is 6.04 Å². The van der Waals surface area contributed by atoms with E-state index in [1.54, 1.807) is 12.1 Å². The predicted molar refractivity (Wildman–Crippen MR) is 86.7 cm³/mol. The third kappa shape index (κ3) is 2.91. The first kappa shape index (κ1) is 14.8. The van der Waals surface area contributed by atoms with Crippen LogP contribution in [0.2, 0.25) is 0 Å². The van der Waals surface area contributed by atoms with E-state index in [0.29, 0.717) is 4.90 Å². The van der Waals surface area contributed by atoms with Gasteiger partial charge < -0.3 is 0 Å². The molecule has 1 unspecified atom stereocenters. The fraction of sp³-hybridized carbons (Fsp3) is 0.250. The number of aryl methyl sites for hydroxylation is 2. The Kier molecular flexibility index (Phi) is 3.90. The van der Waals surface area contributed by atoms with Crippen LogP contribution in [0.5, 0.6) is 0 Å². The molecule has 0 bridgehead atoms. The van der Waals surface area contributed by atoms with Crippen LogP contribution in [0.15, 0.2) is 51.8 Å². The van der Waals surface area contributed by atoms with Crippen molar-refractivity contribution < 1.29 is 8.42 Å². The zero-order chi connectivity index (χ0) is 15.0. The molecule has 0 heterocycles. The Morgan fingerprint density at radius 3 is 2.76 bits per heavy atom. The third-order valence-electron chi connectivity index (χ3n) is 3.87. The SMILES string of the molecule is Cc1ccc(Br)cc1S(=O)(=O)NC1CCc2ccccc21. The first-order valence-corrected chi connectivity index (χ1v) is 9.11. The van der Waals surface area contributed by atoms with Crippen LogP contribution in [0.25, 0.3) is 0 Å². The zero-order valence-electron chi connectivity index (χ0n) is 11.6. The number of halogens is 1. The second-order valence-corrected chi connectivity index (χ2v) is 7.92. The van der Waals surface area contributed by atoms with Gasteiger partial charge in [-0.2, -0.15) is 0 Å². The molecule has 1 N–H and O–H groups in total. The molecule has 3 rings (SSSR count). The smallest absolute Gasteiger partial charge is 0.207 e. The molecule has 0 aromatic heterocycles. The summed E-state index contributed by atoms with van der Waals surface area (Å²) < 4.78 is 28.9. The van der Waals surface area contributed by atoms with Gasteiger partial charge in [0.2, 0.25) is 10.0 Å². The Labute approximate surface area is 133 Å². The minimum Gasteiger partial charge on any atom is -0.207 e. The van der Waals surface area contributed by atoms with Gasteiger partial charge in [-0.15, -0.1) is 0 Å². The number of rotatable bonds is 3. The lowest BCUT2D eigenvalue weighted by atomic mass is 10.1. The van der Waals surface area contributed by atoms with E-state index >= 15 is 0 Å². The quantitative estimate of drug-likeness (QED) is 0.900. The van der Waals surface area contributed by atoms with Crippen molar-refractivity contribution >= 4 is 26.0 Å².